The van der Waals surface area contributed by atoms with Gasteiger partial charge in [-0.05, 0) is 36.4 Å². The van der Waals surface area contributed by atoms with Crippen LogP contribution in [0.1, 0.15) is 11.1 Å². The Morgan fingerprint density at radius 2 is 1.79 bits per heavy atom. The molecule has 2 rings (SSSR count). The monoisotopic (exact) mass is 271 g/mol. The zero-order valence-corrected chi connectivity index (χ0v) is 12.0. The fraction of sp³-hybridized carbons (Fsp3) is 0.188. The van der Waals surface area contributed by atoms with E-state index in [2.05, 4.69) is 5.32 Å². The summed E-state index contributed by atoms with van der Waals surface area (Å²) < 4.78 is 0. The van der Waals surface area contributed by atoms with Crippen molar-refractivity contribution in [2.24, 2.45) is 0 Å². The van der Waals surface area contributed by atoms with E-state index in [4.69, 9.17) is 0 Å². The van der Waals surface area contributed by atoms with Crippen LogP contribution in [0.15, 0.2) is 53.4 Å². The van der Waals surface area contributed by atoms with Crippen molar-refractivity contribution in [1.29, 1.82) is 0 Å². The van der Waals surface area contributed by atoms with Gasteiger partial charge < -0.3 is 5.32 Å². The van der Waals surface area contributed by atoms with Crippen LogP contribution in [-0.2, 0) is 11.2 Å². The lowest BCUT2D eigenvalue weighted by Crippen LogP contribution is -2.15. The molecule has 1 amide bonds. The highest BCUT2D eigenvalue weighted by Gasteiger charge is 2.08. The Kier molecular flexibility index (Phi) is 4.63. The zero-order valence-electron chi connectivity index (χ0n) is 11.1. The fourth-order valence-electron chi connectivity index (χ4n) is 1.92. The molecular formula is C16H17NOS. The third-order valence-corrected chi connectivity index (χ3v) is 3.79. The smallest absolute Gasteiger partial charge is 0.228 e. The van der Waals surface area contributed by atoms with Crippen molar-refractivity contribution in [1.82, 2.24) is 0 Å². The van der Waals surface area contributed by atoms with E-state index in [1.54, 1.807) is 11.8 Å². The van der Waals surface area contributed by atoms with Crippen molar-refractivity contribution in [3.63, 3.8) is 0 Å². The van der Waals surface area contributed by atoms with Gasteiger partial charge in [0.15, 0.2) is 0 Å². The highest BCUT2D eigenvalue weighted by molar-refractivity contribution is 7.98. The van der Waals surface area contributed by atoms with E-state index >= 15 is 0 Å². The minimum Gasteiger partial charge on any atom is -0.325 e. The molecule has 2 nitrogen and oxygen atoms in total. The largest absolute Gasteiger partial charge is 0.325 e. The van der Waals surface area contributed by atoms with Gasteiger partial charge in [-0.2, -0.15) is 0 Å². The first kappa shape index (κ1) is 13.7. The van der Waals surface area contributed by atoms with Crippen LogP contribution < -0.4 is 5.32 Å². The molecule has 0 aromatic heterocycles. The molecule has 19 heavy (non-hydrogen) atoms. The molecule has 0 atom stereocenters. The fourth-order valence-corrected chi connectivity index (χ4v) is 2.48. The van der Waals surface area contributed by atoms with Crippen LogP contribution >= 0.6 is 11.8 Å². The number of carbonyl (C=O) groups excluding carboxylic acids is 1. The summed E-state index contributed by atoms with van der Waals surface area (Å²) in [5.74, 6) is 0.0239. The van der Waals surface area contributed by atoms with Crippen molar-refractivity contribution in [2.45, 2.75) is 18.2 Å². The van der Waals surface area contributed by atoms with E-state index < -0.39 is 0 Å². The molecule has 0 saturated carbocycles. The molecule has 2 aromatic rings. The number of hydrogen-bond acceptors (Lipinski definition) is 2. The Morgan fingerprint density at radius 3 is 2.53 bits per heavy atom. The molecule has 0 fully saturated rings. The van der Waals surface area contributed by atoms with Crippen LogP contribution in [0.4, 0.5) is 5.69 Å². The Hall–Kier alpha value is -1.74. The number of thioether (sulfide) groups is 1. The van der Waals surface area contributed by atoms with Crippen molar-refractivity contribution >= 4 is 23.4 Å². The van der Waals surface area contributed by atoms with Crippen LogP contribution in [0.25, 0.3) is 0 Å². The predicted molar refractivity (Wildman–Crippen MR) is 81.7 cm³/mol. The van der Waals surface area contributed by atoms with Gasteiger partial charge in [-0.1, -0.05) is 36.4 Å². The highest BCUT2D eigenvalue weighted by atomic mass is 32.2. The molecule has 3 heteroatoms. The second-order valence-corrected chi connectivity index (χ2v) is 5.20. The number of aryl methyl sites for hydroxylation is 1. The molecule has 0 bridgehead atoms. The summed E-state index contributed by atoms with van der Waals surface area (Å²) in [4.78, 5) is 13.2. The molecule has 0 heterocycles. The van der Waals surface area contributed by atoms with Crippen LogP contribution in [0.3, 0.4) is 0 Å². The average molecular weight is 271 g/mol. The second-order valence-electron chi connectivity index (χ2n) is 4.35. The van der Waals surface area contributed by atoms with Gasteiger partial charge in [-0.3, -0.25) is 4.79 Å². The van der Waals surface area contributed by atoms with Gasteiger partial charge in [0.25, 0.3) is 0 Å². The number of hydrogen-bond donors (Lipinski definition) is 1. The van der Waals surface area contributed by atoms with Crippen molar-refractivity contribution in [3.05, 3.63) is 59.7 Å². The van der Waals surface area contributed by atoms with E-state index in [9.17, 15) is 4.79 Å². The Bertz CT molecular complexity index is 580. The third kappa shape index (κ3) is 3.61. The van der Waals surface area contributed by atoms with Crippen molar-refractivity contribution < 1.29 is 4.79 Å². The lowest BCUT2D eigenvalue weighted by Gasteiger charge is -2.10. The van der Waals surface area contributed by atoms with Gasteiger partial charge in [0.1, 0.15) is 0 Å². The molecule has 1 N–H and O–H groups in total. The number of amides is 1. The molecule has 0 spiro atoms. The van der Waals surface area contributed by atoms with Gasteiger partial charge >= 0.3 is 0 Å². The summed E-state index contributed by atoms with van der Waals surface area (Å²) in [5, 5.41) is 2.98. The van der Waals surface area contributed by atoms with Gasteiger partial charge in [-0.25, -0.2) is 0 Å². The molecule has 0 aliphatic rings. The minimum absolute atomic E-state index is 0.0239. The van der Waals surface area contributed by atoms with E-state index in [1.807, 2.05) is 61.7 Å². The van der Waals surface area contributed by atoms with Crippen LogP contribution in [-0.4, -0.2) is 12.2 Å². The standard InChI is InChI=1S/C16H17NOS/c1-12-7-3-4-8-13(12)11-16(18)17-14-9-5-6-10-15(14)19-2/h3-10H,11H2,1-2H3,(H,17,18). The van der Waals surface area contributed by atoms with Crippen LogP contribution in [0.2, 0.25) is 0 Å². The Morgan fingerprint density at radius 1 is 1.11 bits per heavy atom. The first-order valence-electron chi connectivity index (χ1n) is 6.18. The van der Waals surface area contributed by atoms with Gasteiger partial charge in [0, 0.05) is 4.90 Å². The molecular weight excluding hydrogens is 254 g/mol. The summed E-state index contributed by atoms with van der Waals surface area (Å²) in [5.41, 5.74) is 3.10. The summed E-state index contributed by atoms with van der Waals surface area (Å²) >= 11 is 1.63. The number of para-hydroxylation sites is 1. The molecule has 0 aliphatic heterocycles. The van der Waals surface area contributed by atoms with Gasteiger partial charge in [-0.15, -0.1) is 11.8 Å². The number of rotatable bonds is 4. The minimum atomic E-state index is 0.0239. The molecule has 0 aliphatic carbocycles. The number of benzene rings is 2. The van der Waals surface area contributed by atoms with E-state index in [0.29, 0.717) is 6.42 Å². The highest BCUT2D eigenvalue weighted by Crippen LogP contribution is 2.24. The molecule has 98 valence electrons. The number of nitrogens with one attached hydrogen (secondary N) is 1. The summed E-state index contributed by atoms with van der Waals surface area (Å²) in [6, 6.07) is 15.8. The molecule has 2 aromatic carbocycles. The van der Waals surface area contributed by atoms with Crippen LogP contribution in [0.5, 0.6) is 0 Å². The third-order valence-electron chi connectivity index (χ3n) is 2.99. The number of carbonyl (C=O) groups is 1. The van der Waals surface area contributed by atoms with Crippen molar-refractivity contribution in [3.8, 4) is 0 Å². The first-order chi connectivity index (χ1) is 9.20. The van der Waals surface area contributed by atoms with E-state index in [1.165, 1.54) is 0 Å². The normalized spacial score (nSPS) is 10.2. The van der Waals surface area contributed by atoms with Crippen molar-refractivity contribution in [2.75, 3.05) is 11.6 Å². The molecule has 0 unspecified atom stereocenters. The summed E-state index contributed by atoms with van der Waals surface area (Å²) in [6.45, 7) is 2.03. The summed E-state index contributed by atoms with van der Waals surface area (Å²) in [7, 11) is 0. The predicted octanol–water partition coefficient (Wildman–Crippen LogP) is 3.90. The first-order valence-corrected chi connectivity index (χ1v) is 7.40. The zero-order chi connectivity index (χ0) is 13.7. The van der Waals surface area contributed by atoms with E-state index in [0.717, 1.165) is 21.7 Å². The topological polar surface area (TPSA) is 29.1 Å². The Labute approximate surface area is 118 Å². The Balaban J connectivity index is 2.08. The van der Waals surface area contributed by atoms with Gasteiger partial charge in [0.2, 0.25) is 5.91 Å². The average Bonchev–Trinajstić information content (AvgIpc) is 2.42. The summed E-state index contributed by atoms with van der Waals surface area (Å²) in [6.07, 6.45) is 2.42. The maximum Gasteiger partial charge on any atom is 0.228 e. The SMILES string of the molecule is CSc1ccccc1NC(=O)Cc1ccccc1C. The van der Waals surface area contributed by atoms with Crippen LogP contribution in [0, 0.1) is 6.92 Å². The van der Waals surface area contributed by atoms with Gasteiger partial charge in [0.05, 0.1) is 12.1 Å². The second kappa shape index (κ2) is 6.43. The maximum absolute atomic E-state index is 12.1. The molecule has 0 saturated heterocycles. The quantitative estimate of drug-likeness (QED) is 0.855. The molecule has 0 radical (unpaired) electrons. The maximum atomic E-state index is 12.1. The number of anilines is 1. The lowest BCUT2D eigenvalue weighted by molar-refractivity contribution is -0.115. The lowest BCUT2D eigenvalue weighted by atomic mass is 10.1. The van der Waals surface area contributed by atoms with E-state index in [-0.39, 0.29) is 5.91 Å².